The molecule has 2 bridgehead atoms. The number of aromatic amines is 1. The van der Waals surface area contributed by atoms with Gasteiger partial charge in [0.15, 0.2) is 21.8 Å². The molecular formula is C23H26BrClN6O2S. The van der Waals surface area contributed by atoms with E-state index in [1.165, 1.54) is 11.3 Å². The molecule has 8 nitrogen and oxygen atoms in total. The SMILES string of the molecule is CC1C2C=CC(C2)C1C(N)=O.Cc1c(Br)cnc2nc(-c3sc(N4CCC(O)C4)nc3Cl)[nH]c12. The number of nitrogens with two attached hydrogens (primary N) is 1. The van der Waals surface area contributed by atoms with Crippen LogP contribution in [0.3, 0.4) is 0 Å². The van der Waals surface area contributed by atoms with E-state index in [0.717, 1.165) is 44.9 Å². The molecule has 1 saturated carbocycles. The summed E-state index contributed by atoms with van der Waals surface area (Å²) in [4.78, 5) is 30.4. The number of hydrogen-bond acceptors (Lipinski definition) is 7. The molecule has 3 aromatic rings. The minimum Gasteiger partial charge on any atom is -0.391 e. The number of primary amides is 1. The van der Waals surface area contributed by atoms with E-state index >= 15 is 0 Å². The number of anilines is 1. The Balaban J connectivity index is 0.000000183. The summed E-state index contributed by atoms with van der Waals surface area (Å²) in [7, 11) is 0. The number of carbonyl (C=O) groups excluding carboxylic acids is 1. The van der Waals surface area contributed by atoms with E-state index in [1.807, 2.05) is 11.8 Å². The molecule has 34 heavy (non-hydrogen) atoms. The van der Waals surface area contributed by atoms with E-state index < -0.39 is 0 Å². The number of aliphatic hydroxyl groups is 1. The van der Waals surface area contributed by atoms with Gasteiger partial charge in [-0.3, -0.25) is 4.79 Å². The van der Waals surface area contributed by atoms with E-state index in [2.05, 4.69) is 54.9 Å². The number of halogens is 2. The normalized spacial score (nSPS) is 27.4. The lowest BCUT2D eigenvalue weighted by atomic mass is 9.84. The third-order valence-electron chi connectivity index (χ3n) is 7.12. The van der Waals surface area contributed by atoms with Gasteiger partial charge in [0.05, 0.1) is 11.6 Å². The number of aliphatic hydroxyl groups excluding tert-OH is 1. The zero-order chi connectivity index (χ0) is 24.1. The van der Waals surface area contributed by atoms with Crippen molar-refractivity contribution in [1.29, 1.82) is 0 Å². The molecule has 180 valence electrons. The number of amides is 1. The lowest BCUT2D eigenvalue weighted by molar-refractivity contribution is -0.123. The molecule has 2 fully saturated rings. The number of aryl methyl sites for hydroxylation is 1. The number of nitrogens with zero attached hydrogens (tertiary/aromatic N) is 4. The van der Waals surface area contributed by atoms with Crippen LogP contribution in [0.2, 0.25) is 5.15 Å². The summed E-state index contributed by atoms with van der Waals surface area (Å²) in [5.41, 5.74) is 7.90. The van der Waals surface area contributed by atoms with Crippen LogP contribution in [0.15, 0.2) is 22.8 Å². The van der Waals surface area contributed by atoms with Crippen molar-refractivity contribution in [3.8, 4) is 10.7 Å². The molecule has 5 unspecified atom stereocenters. The first-order valence-corrected chi connectivity index (χ1v) is 13.3. The summed E-state index contributed by atoms with van der Waals surface area (Å²) in [6, 6.07) is 0. The zero-order valence-electron chi connectivity index (χ0n) is 18.8. The minimum absolute atomic E-state index is 0.116. The average molecular weight is 566 g/mol. The summed E-state index contributed by atoms with van der Waals surface area (Å²) >= 11 is 11.3. The van der Waals surface area contributed by atoms with Crippen LogP contribution in [0.5, 0.6) is 0 Å². The van der Waals surface area contributed by atoms with Gasteiger partial charge in [-0.15, -0.1) is 0 Å². The maximum atomic E-state index is 11.0. The second-order valence-corrected chi connectivity index (χ2v) is 11.4. The van der Waals surface area contributed by atoms with Gasteiger partial charge in [-0.25, -0.2) is 15.0 Å². The number of rotatable bonds is 3. The Morgan fingerprint density at radius 1 is 1.35 bits per heavy atom. The van der Waals surface area contributed by atoms with Crippen molar-refractivity contribution in [1.82, 2.24) is 19.9 Å². The van der Waals surface area contributed by atoms with E-state index in [-0.39, 0.29) is 17.9 Å². The molecular weight excluding hydrogens is 540 g/mol. The third kappa shape index (κ3) is 4.25. The van der Waals surface area contributed by atoms with Crippen molar-refractivity contribution in [2.45, 2.75) is 32.8 Å². The zero-order valence-corrected chi connectivity index (χ0v) is 22.0. The molecule has 4 N–H and O–H groups in total. The van der Waals surface area contributed by atoms with E-state index in [9.17, 15) is 9.90 Å². The highest BCUT2D eigenvalue weighted by molar-refractivity contribution is 9.10. The van der Waals surface area contributed by atoms with Crippen LogP contribution in [0.25, 0.3) is 21.9 Å². The Bertz CT molecular complexity index is 1280. The minimum atomic E-state index is -0.295. The second-order valence-electron chi connectivity index (χ2n) is 9.26. The van der Waals surface area contributed by atoms with Crippen LogP contribution in [-0.4, -0.2) is 50.1 Å². The fourth-order valence-electron chi connectivity index (χ4n) is 5.19. The Kier molecular flexibility index (Phi) is 6.43. The Hall–Kier alpha value is -2.01. The number of aromatic nitrogens is 4. The van der Waals surface area contributed by atoms with Gasteiger partial charge in [0.1, 0.15) is 4.88 Å². The summed E-state index contributed by atoms with van der Waals surface area (Å²) in [6.45, 7) is 5.51. The number of H-pyrrole nitrogens is 1. The quantitative estimate of drug-likeness (QED) is 0.407. The number of imidazole rings is 1. The van der Waals surface area contributed by atoms with Gasteiger partial charge in [0.25, 0.3) is 0 Å². The summed E-state index contributed by atoms with van der Waals surface area (Å²) in [5, 5.41) is 10.9. The number of thiazole rings is 1. The van der Waals surface area contributed by atoms with Gasteiger partial charge in [-0.1, -0.05) is 42.0 Å². The summed E-state index contributed by atoms with van der Waals surface area (Å²) in [5.74, 6) is 2.22. The smallest absolute Gasteiger partial charge is 0.221 e. The average Bonchev–Trinajstić information content (AvgIpc) is 3.59. The molecule has 0 radical (unpaired) electrons. The molecule has 3 aromatic heterocycles. The summed E-state index contributed by atoms with van der Waals surface area (Å²) in [6.07, 6.45) is 7.74. The predicted octanol–water partition coefficient (Wildman–Crippen LogP) is 4.31. The van der Waals surface area contributed by atoms with Crippen molar-refractivity contribution >= 4 is 61.1 Å². The monoisotopic (exact) mass is 564 g/mol. The third-order valence-corrected chi connectivity index (χ3v) is 9.43. The first kappa shape index (κ1) is 23.7. The Morgan fingerprint density at radius 2 is 2.12 bits per heavy atom. The van der Waals surface area contributed by atoms with Crippen molar-refractivity contribution in [3.05, 3.63) is 33.5 Å². The molecule has 4 heterocycles. The number of fused-ring (bicyclic) bond motifs is 3. The molecule has 11 heteroatoms. The topological polar surface area (TPSA) is 121 Å². The molecule has 0 spiro atoms. The van der Waals surface area contributed by atoms with Crippen molar-refractivity contribution < 1.29 is 9.90 Å². The number of pyridine rings is 1. The first-order valence-electron chi connectivity index (χ1n) is 11.3. The first-order chi connectivity index (χ1) is 16.2. The molecule has 5 atom stereocenters. The van der Waals surface area contributed by atoms with Crippen LogP contribution in [-0.2, 0) is 4.79 Å². The van der Waals surface area contributed by atoms with E-state index in [0.29, 0.717) is 40.9 Å². The molecule has 0 aromatic carbocycles. The van der Waals surface area contributed by atoms with Gasteiger partial charge < -0.3 is 20.7 Å². The van der Waals surface area contributed by atoms with Gasteiger partial charge in [0, 0.05) is 29.7 Å². The lowest BCUT2D eigenvalue weighted by Gasteiger charge is -2.20. The largest absolute Gasteiger partial charge is 0.391 e. The fraction of sp³-hybridized carbons (Fsp3) is 0.478. The van der Waals surface area contributed by atoms with Gasteiger partial charge in [-0.2, -0.15) is 0 Å². The van der Waals surface area contributed by atoms with E-state index in [4.69, 9.17) is 17.3 Å². The van der Waals surface area contributed by atoms with Crippen LogP contribution in [0.4, 0.5) is 5.13 Å². The van der Waals surface area contributed by atoms with E-state index in [1.54, 1.807) is 6.20 Å². The Morgan fingerprint density at radius 3 is 2.74 bits per heavy atom. The number of hydrogen-bond donors (Lipinski definition) is 3. The van der Waals surface area contributed by atoms with Crippen LogP contribution in [0, 0.1) is 30.6 Å². The standard InChI is InChI=1S/C14H13BrClN5OS.C9H13NO/c1-6-8(15)4-17-12-9(6)18-13(20-12)10-11(16)19-14(23-10)21-3-2-7(22)5-21;1-5-6-2-3-7(4-6)8(5)9(10)11/h4,7,22H,2-3,5H2,1H3,(H,17,18,20);2-3,5-8H,4H2,1H3,(H2,10,11). The van der Waals surface area contributed by atoms with Crippen LogP contribution >= 0.6 is 38.9 Å². The van der Waals surface area contributed by atoms with Crippen molar-refractivity contribution in [2.75, 3.05) is 18.0 Å². The van der Waals surface area contributed by atoms with Gasteiger partial charge in [-0.05, 0) is 59.0 Å². The molecule has 2 aliphatic carbocycles. The number of allylic oxidation sites excluding steroid dienone is 2. The number of β-amino-alcohol motifs (C(OH)–C–C–N with tert-alkyl or cyclic N) is 1. The van der Waals surface area contributed by atoms with Gasteiger partial charge >= 0.3 is 0 Å². The highest BCUT2D eigenvalue weighted by Crippen LogP contribution is 2.47. The number of nitrogens with one attached hydrogen (secondary N) is 1. The maximum absolute atomic E-state index is 11.0. The predicted molar refractivity (Wildman–Crippen MR) is 138 cm³/mol. The number of carbonyl (C=O) groups is 1. The molecule has 1 aliphatic heterocycles. The Labute approximate surface area is 214 Å². The fourth-order valence-corrected chi connectivity index (χ4v) is 6.76. The second kappa shape index (κ2) is 9.22. The van der Waals surface area contributed by atoms with Gasteiger partial charge in [0.2, 0.25) is 5.91 Å². The molecule has 3 aliphatic rings. The van der Waals surface area contributed by atoms with Crippen molar-refractivity contribution in [3.63, 3.8) is 0 Å². The van der Waals surface area contributed by atoms with Crippen molar-refractivity contribution in [2.24, 2.45) is 29.4 Å². The van der Waals surface area contributed by atoms with Crippen LogP contribution < -0.4 is 10.6 Å². The molecule has 1 saturated heterocycles. The summed E-state index contributed by atoms with van der Waals surface area (Å²) < 4.78 is 0.933. The highest BCUT2D eigenvalue weighted by Gasteiger charge is 2.44. The molecule has 1 amide bonds. The lowest BCUT2D eigenvalue weighted by Crippen LogP contribution is -2.31. The highest BCUT2D eigenvalue weighted by atomic mass is 79.9. The van der Waals surface area contributed by atoms with Crippen LogP contribution in [0.1, 0.15) is 25.3 Å². The molecule has 6 rings (SSSR count). The maximum Gasteiger partial charge on any atom is 0.221 e.